The van der Waals surface area contributed by atoms with Crippen molar-refractivity contribution in [3.8, 4) is 6.07 Å². The third-order valence-electron chi connectivity index (χ3n) is 2.80. The van der Waals surface area contributed by atoms with E-state index in [1.54, 1.807) is 4.68 Å². The summed E-state index contributed by atoms with van der Waals surface area (Å²) in [4.78, 5) is 4.44. The SMILES string of the molecule is CCCn1nnnc1CSc1nc(C)cc(C)c1C#N. The number of aryl methyl sites for hydroxylation is 3. The Kier molecular flexibility index (Phi) is 4.69. The molecule has 0 atom stereocenters. The molecule has 0 unspecified atom stereocenters. The normalized spacial score (nSPS) is 10.5. The Balaban J connectivity index is 2.19. The van der Waals surface area contributed by atoms with E-state index in [1.807, 2.05) is 19.9 Å². The average Bonchev–Trinajstić information content (AvgIpc) is 2.84. The number of tetrazole rings is 1. The Morgan fingerprint density at radius 3 is 2.90 bits per heavy atom. The van der Waals surface area contributed by atoms with Crippen LogP contribution in [-0.2, 0) is 12.3 Å². The summed E-state index contributed by atoms with van der Waals surface area (Å²) in [7, 11) is 0. The smallest absolute Gasteiger partial charge is 0.161 e. The maximum atomic E-state index is 9.24. The van der Waals surface area contributed by atoms with Crippen molar-refractivity contribution in [2.24, 2.45) is 0 Å². The van der Waals surface area contributed by atoms with Crippen LogP contribution >= 0.6 is 11.8 Å². The molecular formula is C13H16N6S. The van der Waals surface area contributed by atoms with Crippen LogP contribution in [0.25, 0.3) is 0 Å². The van der Waals surface area contributed by atoms with Crippen LogP contribution in [0.4, 0.5) is 0 Å². The fourth-order valence-corrected chi connectivity index (χ4v) is 2.92. The van der Waals surface area contributed by atoms with Gasteiger partial charge in [-0.2, -0.15) is 5.26 Å². The van der Waals surface area contributed by atoms with Gasteiger partial charge >= 0.3 is 0 Å². The fourth-order valence-electron chi connectivity index (χ4n) is 1.89. The molecule has 2 aromatic rings. The lowest BCUT2D eigenvalue weighted by molar-refractivity contribution is 0.564. The van der Waals surface area contributed by atoms with Gasteiger partial charge in [0.1, 0.15) is 11.1 Å². The molecule has 0 aliphatic heterocycles. The van der Waals surface area contributed by atoms with E-state index in [0.29, 0.717) is 11.3 Å². The largest absolute Gasteiger partial charge is 0.245 e. The lowest BCUT2D eigenvalue weighted by atomic mass is 10.1. The quantitative estimate of drug-likeness (QED) is 0.785. The molecule has 0 saturated carbocycles. The van der Waals surface area contributed by atoms with E-state index >= 15 is 0 Å². The van der Waals surface area contributed by atoms with E-state index in [-0.39, 0.29) is 0 Å². The second-order valence-electron chi connectivity index (χ2n) is 4.48. The van der Waals surface area contributed by atoms with E-state index in [2.05, 4.69) is 33.5 Å². The number of aromatic nitrogens is 5. The molecule has 0 N–H and O–H groups in total. The Labute approximate surface area is 122 Å². The van der Waals surface area contributed by atoms with Gasteiger partial charge in [-0.3, -0.25) is 0 Å². The summed E-state index contributed by atoms with van der Waals surface area (Å²) in [5.74, 6) is 1.42. The zero-order valence-electron chi connectivity index (χ0n) is 11.8. The number of nitrogens with zero attached hydrogens (tertiary/aromatic N) is 6. The molecule has 104 valence electrons. The molecule has 6 nitrogen and oxygen atoms in total. The molecule has 7 heteroatoms. The molecule has 0 amide bonds. The number of hydrogen-bond donors (Lipinski definition) is 0. The number of thioether (sulfide) groups is 1. The highest BCUT2D eigenvalue weighted by molar-refractivity contribution is 7.98. The molecule has 0 saturated heterocycles. The summed E-state index contributed by atoms with van der Waals surface area (Å²) in [6.07, 6.45) is 0.980. The zero-order valence-corrected chi connectivity index (χ0v) is 12.6. The van der Waals surface area contributed by atoms with Crippen molar-refractivity contribution >= 4 is 11.8 Å². The highest BCUT2D eigenvalue weighted by Crippen LogP contribution is 2.25. The summed E-state index contributed by atoms with van der Waals surface area (Å²) >= 11 is 1.50. The monoisotopic (exact) mass is 288 g/mol. The highest BCUT2D eigenvalue weighted by atomic mass is 32.2. The molecular weight excluding hydrogens is 272 g/mol. The second kappa shape index (κ2) is 6.48. The van der Waals surface area contributed by atoms with Crippen LogP contribution in [0, 0.1) is 25.2 Å². The van der Waals surface area contributed by atoms with E-state index in [9.17, 15) is 5.26 Å². The first-order valence-corrected chi connectivity index (χ1v) is 7.40. The predicted molar refractivity (Wildman–Crippen MR) is 76.1 cm³/mol. The summed E-state index contributed by atoms with van der Waals surface area (Å²) < 4.78 is 1.79. The molecule has 0 aliphatic rings. The van der Waals surface area contributed by atoms with E-state index in [0.717, 1.165) is 35.1 Å². The standard InChI is InChI=1S/C13H16N6S/c1-4-5-19-12(16-17-18-19)8-20-13-11(7-14)9(2)6-10(3)15-13/h6H,4-5,8H2,1-3H3. The van der Waals surface area contributed by atoms with Gasteiger partial charge in [-0.25, -0.2) is 9.67 Å². The molecule has 0 radical (unpaired) electrons. The van der Waals surface area contributed by atoms with Crippen LogP contribution in [0.2, 0.25) is 0 Å². The molecule has 0 aromatic carbocycles. The van der Waals surface area contributed by atoms with E-state index < -0.39 is 0 Å². The van der Waals surface area contributed by atoms with Gasteiger partial charge in [-0.15, -0.1) is 5.10 Å². The predicted octanol–water partition coefficient (Wildman–Crippen LogP) is 2.26. The molecule has 0 fully saturated rings. The Morgan fingerprint density at radius 1 is 1.40 bits per heavy atom. The van der Waals surface area contributed by atoms with Crippen LogP contribution in [0.15, 0.2) is 11.1 Å². The summed E-state index contributed by atoms with van der Waals surface area (Å²) in [6.45, 7) is 6.74. The van der Waals surface area contributed by atoms with Crippen LogP contribution < -0.4 is 0 Å². The highest BCUT2D eigenvalue weighted by Gasteiger charge is 2.12. The van der Waals surface area contributed by atoms with Gasteiger partial charge in [0.15, 0.2) is 5.82 Å². The van der Waals surface area contributed by atoms with Gasteiger partial charge < -0.3 is 0 Å². The van der Waals surface area contributed by atoms with Crippen molar-refractivity contribution in [1.29, 1.82) is 5.26 Å². The van der Waals surface area contributed by atoms with Gasteiger partial charge in [0, 0.05) is 12.2 Å². The van der Waals surface area contributed by atoms with E-state index in [4.69, 9.17) is 0 Å². The number of nitriles is 1. The van der Waals surface area contributed by atoms with Crippen LogP contribution in [-0.4, -0.2) is 25.2 Å². The van der Waals surface area contributed by atoms with Gasteiger partial charge in [-0.1, -0.05) is 18.7 Å². The minimum atomic E-state index is 0.609. The van der Waals surface area contributed by atoms with E-state index in [1.165, 1.54) is 11.8 Å². The fraction of sp³-hybridized carbons (Fsp3) is 0.462. The molecule has 20 heavy (non-hydrogen) atoms. The maximum absolute atomic E-state index is 9.24. The van der Waals surface area contributed by atoms with Crippen molar-refractivity contribution in [3.05, 3.63) is 28.7 Å². The molecule has 0 aliphatic carbocycles. The van der Waals surface area contributed by atoms with Crippen LogP contribution in [0.3, 0.4) is 0 Å². The lowest BCUT2D eigenvalue weighted by Gasteiger charge is -2.07. The number of hydrogen-bond acceptors (Lipinski definition) is 6. The van der Waals surface area contributed by atoms with Gasteiger partial charge in [0.2, 0.25) is 0 Å². The first kappa shape index (κ1) is 14.5. The van der Waals surface area contributed by atoms with Crippen molar-refractivity contribution in [1.82, 2.24) is 25.2 Å². The Hall–Kier alpha value is -1.94. The molecule has 0 spiro atoms. The Morgan fingerprint density at radius 2 is 2.20 bits per heavy atom. The van der Waals surface area contributed by atoms with Gasteiger partial charge in [-0.05, 0) is 42.3 Å². The van der Waals surface area contributed by atoms with Gasteiger partial charge in [0.05, 0.1) is 11.3 Å². The molecule has 2 aromatic heterocycles. The van der Waals surface area contributed by atoms with Crippen molar-refractivity contribution in [2.75, 3.05) is 0 Å². The first-order valence-electron chi connectivity index (χ1n) is 6.42. The second-order valence-corrected chi connectivity index (χ2v) is 5.44. The minimum absolute atomic E-state index is 0.609. The number of rotatable bonds is 5. The maximum Gasteiger partial charge on any atom is 0.161 e. The van der Waals surface area contributed by atoms with Gasteiger partial charge in [0.25, 0.3) is 0 Å². The minimum Gasteiger partial charge on any atom is -0.245 e. The molecule has 2 heterocycles. The van der Waals surface area contributed by atoms with Crippen molar-refractivity contribution < 1.29 is 0 Å². The third-order valence-corrected chi connectivity index (χ3v) is 3.77. The van der Waals surface area contributed by atoms with Crippen LogP contribution in [0.1, 0.15) is 36.0 Å². The summed E-state index contributed by atoms with van der Waals surface area (Å²) in [5, 5.41) is 21.7. The Bertz CT molecular complexity index is 643. The average molecular weight is 288 g/mol. The summed E-state index contributed by atoms with van der Waals surface area (Å²) in [6, 6.07) is 4.14. The van der Waals surface area contributed by atoms with Crippen molar-refractivity contribution in [2.45, 2.75) is 44.5 Å². The lowest BCUT2D eigenvalue weighted by Crippen LogP contribution is -2.04. The van der Waals surface area contributed by atoms with Crippen LogP contribution in [0.5, 0.6) is 0 Å². The van der Waals surface area contributed by atoms with Crippen molar-refractivity contribution in [3.63, 3.8) is 0 Å². The first-order chi connectivity index (χ1) is 9.65. The summed E-state index contributed by atoms with van der Waals surface area (Å²) in [5.41, 5.74) is 2.50. The zero-order chi connectivity index (χ0) is 14.5. The number of pyridine rings is 1. The third kappa shape index (κ3) is 3.14. The molecule has 0 bridgehead atoms. The molecule has 2 rings (SSSR count). The topological polar surface area (TPSA) is 80.3 Å².